The van der Waals surface area contributed by atoms with Crippen LogP contribution in [0.1, 0.15) is 26.2 Å². The molecule has 0 radical (unpaired) electrons. The van der Waals surface area contributed by atoms with Crippen molar-refractivity contribution in [1.29, 1.82) is 0 Å². The summed E-state index contributed by atoms with van der Waals surface area (Å²) in [6, 6.07) is 0.224. The Labute approximate surface area is 91.4 Å². The number of halogens is 1. The molecule has 0 bridgehead atoms. The van der Waals surface area contributed by atoms with Gasteiger partial charge in [-0.2, -0.15) is 0 Å². The van der Waals surface area contributed by atoms with Gasteiger partial charge in [0.2, 0.25) is 5.91 Å². The van der Waals surface area contributed by atoms with E-state index in [1.165, 1.54) is 0 Å². The molecule has 0 spiro atoms. The highest BCUT2D eigenvalue weighted by molar-refractivity contribution is 5.85. The van der Waals surface area contributed by atoms with Crippen LogP contribution in [0.4, 0.5) is 0 Å². The van der Waals surface area contributed by atoms with Gasteiger partial charge < -0.3 is 10.6 Å². The van der Waals surface area contributed by atoms with E-state index in [1.54, 1.807) is 0 Å². The Morgan fingerprint density at radius 3 is 2.50 bits per heavy atom. The van der Waals surface area contributed by atoms with Gasteiger partial charge in [-0.25, -0.2) is 0 Å². The van der Waals surface area contributed by atoms with Gasteiger partial charge in [-0.05, 0) is 25.2 Å². The fourth-order valence-corrected chi connectivity index (χ4v) is 2.35. The van der Waals surface area contributed by atoms with Gasteiger partial charge in [0, 0.05) is 25.0 Å². The molecule has 1 saturated heterocycles. The lowest BCUT2D eigenvalue weighted by Crippen LogP contribution is -2.41. The predicted octanol–water partition coefficient (Wildman–Crippen LogP) is 1.01. The maximum absolute atomic E-state index is 11.8. The van der Waals surface area contributed by atoms with Gasteiger partial charge in [0.1, 0.15) is 0 Å². The number of nitrogens with zero attached hydrogens (tertiary/aromatic N) is 1. The zero-order chi connectivity index (χ0) is 9.42. The van der Waals surface area contributed by atoms with E-state index in [4.69, 9.17) is 5.73 Å². The summed E-state index contributed by atoms with van der Waals surface area (Å²) in [6.07, 6.45) is 3.16. The first-order valence-corrected chi connectivity index (χ1v) is 5.21. The Morgan fingerprint density at radius 1 is 1.43 bits per heavy atom. The first-order valence-electron chi connectivity index (χ1n) is 5.21. The first kappa shape index (κ1) is 11.8. The van der Waals surface area contributed by atoms with Crippen molar-refractivity contribution < 1.29 is 4.79 Å². The normalized spacial score (nSPS) is 36.1. The van der Waals surface area contributed by atoms with E-state index in [-0.39, 0.29) is 18.4 Å². The number of carbonyl (C=O) groups excluding carboxylic acids is 1. The first-order chi connectivity index (χ1) is 6.16. The summed E-state index contributed by atoms with van der Waals surface area (Å²) in [5, 5.41) is 0. The third-order valence-corrected chi connectivity index (χ3v) is 3.26. The molecule has 1 aliphatic heterocycles. The zero-order valence-electron chi connectivity index (χ0n) is 8.61. The molecular weight excluding hydrogens is 200 g/mol. The van der Waals surface area contributed by atoms with Gasteiger partial charge in [-0.1, -0.05) is 6.92 Å². The molecule has 3 nitrogen and oxygen atoms in total. The summed E-state index contributed by atoms with van der Waals surface area (Å²) in [4.78, 5) is 13.7. The Bertz CT molecular complexity index is 216. The largest absolute Gasteiger partial charge is 0.341 e. The SMILES string of the molecule is CC1CC(C(=O)N2CCC(N)C2)C1.Cl. The predicted molar refractivity (Wildman–Crippen MR) is 58.3 cm³/mol. The summed E-state index contributed by atoms with van der Waals surface area (Å²) >= 11 is 0. The monoisotopic (exact) mass is 218 g/mol. The lowest BCUT2D eigenvalue weighted by molar-refractivity contribution is -0.138. The molecule has 1 aliphatic carbocycles. The van der Waals surface area contributed by atoms with Crippen LogP contribution in [0.5, 0.6) is 0 Å². The molecule has 4 heteroatoms. The zero-order valence-corrected chi connectivity index (χ0v) is 9.43. The molecule has 1 amide bonds. The van der Waals surface area contributed by atoms with Crippen molar-refractivity contribution in [3.63, 3.8) is 0 Å². The highest BCUT2D eigenvalue weighted by Gasteiger charge is 2.36. The van der Waals surface area contributed by atoms with E-state index in [0.717, 1.165) is 38.3 Å². The van der Waals surface area contributed by atoms with Crippen LogP contribution in [-0.4, -0.2) is 29.9 Å². The Balaban J connectivity index is 0.000000980. The highest BCUT2D eigenvalue weighted by atomic mass is 35.5. The summed E-state index contributed by atoms with van der Waals surface area (Å²) in [7, 11) is 0. The minimum absolute atomic E-state index is 0. The second kappa shape index (κ2) is 4.49. The fourth-order valence-electron chi connectivity index (χ4n) is 2.35. The molecule has 82 valence electrons. The molecule has 2 fully saturated rings. The molecule has 2 aliphatic rings. The maximum Gasteiger partial charge on any atom is 0.225 e. The maximum atomic E-state index is 11.8. The van der Waals surface area contributed by atoms with Gasteiger partial charge in [0.15, 0.2) is 0 Å². The van der Waals surface area contributed by atoms with Gasteiger partial charge in [0.25, 0.3) is 0 Å². The van der Waals surface area contributed by atoms with Crippen LogP contribution in [0.2, 0.25) is 0 Å². The van der Waals surface area contributed by atoms with Gasteiger partial charge in [0.05, 0.1) is 0 Å². The van der Waals surface area contributed by atoms with Crippen molar-refractivity contribution in [3.05, 3.63) is 0 Å². The molecule has 2 N–H and O–H groups in total. The van der Waals surface area contributed by atoms with Crippen LogP contribution in [0.3, 0.4) is 0 Å². The van der Waals surface area contributed by atoms with E-state index in [1.807, 2.05) is 4.90 Å². The van der Waals surface area contributed by atoms with Crippen LogP contribution >= 0.6 is 12.4 Å². The quantitative estimate of drug-likeness (QED) is 0.714. The molecular formula is C10H19ClN2O. The average Bonchev–Trinajstić information content (AvgIpc) is 2.45. The summed E-state index contributed by atoms with van der Waals surface area (Å²) in [6.45, 7) is 3.87. The van der Waals surface area contributed by atoms with Crippen molar-refractivity contribution in [2.75, 3.05) is 13.1 Å². The standard InChI is InChI=1S/C10H18N2O.ClH/c1-7-4-8(5-7)10(13)12-3-2-9(11)6-12;/h7-9H,2-6,11H2,1H3;1H. The van der Waals surface area contributed by atoms with Crippen molar-refractivity contribution >= 4 is 18.3 Å². The topological polar surface area (TPSA) is 46.3 Å². The average molecular weight is 219 g/mol. The molecule has 1 unspecified atom stereocenters. The van der Waals surface area contributed by atoms with Crippen LogP contribution in [0, 0.1) is 11.8 Å². The Hall–Kier alpha value is -0.280. The van der Waals surface area contributed by atoms with Crippen molar-refractivity contribution in [2.45, 2.75) is 32.2 Å². The van der Waals surface area contributed by atoms with E-state index in [2.05, 4.69) is 6.92 Å². The number of hydrogen-bond acceptors (Lipinski definition) is 2. The second-order valence-electron chi connectivity index (χ2n) is 4.61. The number of amides is 1. The summed E-state index contributed by atoms with van der Waals surface area (Å²) < 4.78 is 0. The highest BCUT2D eigenvalue weighted by Crippen LogP contribution is 2.34. The molecule has 0 aromatic heterocycles. The minimum atomic E-state index is 0. The van der Waals surface area contributed by atoms with Gasteiger partial charge >= 0.3 is 0 Å². The van der Waals surface area contributed by atoms with Crippen molar-refractivity contribution in [2.24, 2.45) is 17.6 Å². The van der Waals surface area contributed by atoms with Crippen molar-refractivity contribution in [3.8, 4) is 0 Å². The number of hydrogen-bond donors (Lipinski definition) is 1. The summed E-state index contributed by atoms with van der Waals surface area (Å²) in [5.74, 6) is 1.43. The molecule has 1 atom stereocenters. The number of carbonyl (C=O) groups is 1. The number of rotatable bonds is 1. The van der Waals surface area contributed by atoms with Crippen LogP contribution in [0.25, 0.3) is 0 Å². The lowest BCUT2D eigenvalue weighted by atomic mass is 9.75. The van der Waals surface area contributed by atoms with Gasteiger partial charge in [-0.3, -0.25) is 4.79 Å². The molecule has 2 rings (SSSR count). The third kappa shape index (κ3) is 2.20. The molecule has 1 heterocycles. The third-order valence-electron chi connectivity index (χ3n) is 3.26. The smallest absolute Gasteiger partial charge is 0.225 e. The van der Waals surface area contributed by atoms with Crippen molar-refractivity contribution in [1.82, 2.24) is 4.90 Å². The minimum Gasteiger partial charge on any atom is -0.341 e. The van der Waals surface area contributed by atoms with Crippen LogP contribution in [-0.2, 0) is 4.79 Å². The van der Waals surface area contributed by atoms with E-state index in [9.17, 15) is 4.79 Å². The molecule has 14 heavy (non-hydrogen) atoms. The summed E-state index contributed by atoms with van der Waals surface area (Å²) in [5.41, 5.74) is 5.76. The Kier molecular flexibility index (Phi) is 3.78. The second-order valence-corrected chi connectivity index (χ2v) is 4.61. The molecule has 0 aromatic carbocycles. The van der Waals surface area contributed by atoms with Gasteiger partial charge in [-0.15, -0.1) is 12.4 Å². The van der Waals surface area contributed by atoms with Crippen LogP contribution < -0.4 is 5.73 Å². The lowest BCUT2D eigenvalue weighted by Gasteiger charge is -2.34. The van der Waals surface area contributed by atoms with E-state index >= 15 is 0 Å². The van der Waals surface area contributed by atoms with E-state index in [0.29, 0.717) is 11.8 Å². The fraction of sp³-hybridized carbons (Fsp3) is 0.900. The van der Waals surface area contributed by atoms with Crippen LogP contribution in [0.15, 0.2) is 0 Å². The number of nitrogens with two attached hydrogens (primary N) is 1. The Morgan fingerprint density at radius 2 is 2.07 bits per heavy atom. The molecule has 1 saturated carbocycles. The number of likely N-dealkylation sites (tertiary alicyclic amines) is 1. The molecule has 0 aromatic rings. The van der Waals surface area contributed by atoms with E-state index < -0.39 is 0 Å².